The summed E-state index contributed by atoms with van der Waals surface area (Å²) >= 11 is 0. The lowest BCUT2D eigenvalue weighted by Gasteiger charge is -2.12. The molecule has 0 saturated carbocycles. The molecule has 0 aliphatic heterocycles. The molecule has 0 spiro atoms. The Morgan fingerprint density at radius 3 is 2.62 bits per heavy atom. The topological polar surface area (TPSA) is 85.2 Å². The van der Waals surface area contributed by atoms with E-state index in [9.17, 15) is 5.11 Å². The summed E-state index contributed by atoms with van der Waals surface area (Å²) in [5.74, 6) is 0.739. The van der Waals surface area contributed by atoms with Crippen LogP contribution >= 0.6 is 0 Å². The van der Waals surface area contributed by atoms with Crippen molar-refractivity contribution in [3.63, 3.8) is 0 Å². The highest BCUT2D eigenvalue weighted by Crippen LogP contribution is 2.15. The quantitative estimate of drug-likeness (QED) is 0.709. The minimum Gasteiger partial charge on any atom is -0.422 e. The predicted octanol–water partition coefficient (Wildman–Crippen LogP) is 0.403. The molecule has 13 heavy (non-hydrogen) atoms. The molecule has 1 aromatic heterocycles. The third kappa shape index (κ3) is 2.26. The second-order valence-electron chi connectivity index (χ2n) is 2.90. The lowest BCUT2D eigenvalue weighted by molar-refractivity contribution is 0.112. The highest BCUT2D eigenvalue weighted by atomic mass is 16.4. The van der Waals surface area contributed by atoms with Crippen molar-refractivity contribution in [1.29, 1.82) is 0 Å². The molecule has 0 saturated heterocycles. The zero-order chi connectivity index (χ0) is 9.84. The molecule has 1 rings (SSSR count). The van der Waals surface area contributed by atoms with Gasteiger partial charge in [-0.2, -0.15) is 0 Å². The lowest BCUT2D eigenvalue weighted by atomic mass is 10.1. The summed E-state index contributed by atoms with van der Waals surface area (Å²) in [5.41, 5.74) is 5.62. The van der Waals surface area contributed by atoms with Gasteiger partial charge in [0.25, 0.3) is 0 Å². The molecular weight excluding hydrogens is 170 g/mol. The van der Waals surface area contributed by atoms with Gasteiger partial charge in [0.15, 0.2) is 0 Å². The fraction of sp³-hybridized carbons (Fsp3) is 0.750. The van der Waals surface area contributed by atoms with Crippen LogP contribution in [-0.2, 0) is 6.42 Å². The van der Waals surface area contributed by atoms with Crippen molar-refractivity contribution in [3.8, 4) is 0 Å². The SMILES string of the molecule is CCc1nnc(C(O)C(N)CC)o1. The Hall–Kier alpha value is -0.940. The van der Waals surface area contributed by atoms with Crippen LogP contribution in [0, 0.1) is 0 Å². The van der Waals surface area contributed by atoms with E-state index in [0.717, 1.165) is 0 Å². The number of nitrogens with zero attached hydrogens (tertiary/aromatic N) is 2. The smallest absolute Gasteiger partial charge is 0.246 e. The zero-order valence-corrected chi connectivity index (χ0v) is 7.90. The normalized spacial score (nSPS) is 15.7. The molecule has 0 bridgehead atoms. The largest absolute Gasteiger partial charge is 0.422 e. The molecule has 2 atom stereocenters. The monoisotopic (exact) mass is 185 g/mol. The van der Waals surface area contributed by atoms with Gasteiger partial charge in [-0.15, -0.1) is 10.2 Å². The van der Waals surface area contributed by atoms with E-state index >= 15 is 0 Å². The standard InChI is InChI=1S/C8H15N3O2/c1-3-5(9)7(12)8-11-10-6(4-2)13-8/h5,7,12H,3-4,9H2,1-2H3. The molecule has 0 aliphatic rings. The van der Waals surface area contributed by atoms with Gasteiger partial charge in [-0.05, 0) is 6.42 Å². The second kappa shape index (κ2) is 4.34. The molecular formula is C8H15N3O2. The average Bonchev–Trinajstić information content (AvgIpc) is 2.63. The van der Waals surface area contributed by atoms with Gasteiger partial charge < -0.3 is 15.3 Å². The zero-order valence-electron chi connectivity index (χ0n) is 7.90. The molecule has 0 fully saturated rings. The Labute approximate surface area is 77.0 Å². The van der Waals surface area contributed by atoms with E-state index in [4.69, 9.17) is 10.2 Å². The molecule has 0 aromatic carbocycles. The van der Waals surface area contributed by atoms with Gasteiger partial charge >= 0.3 is 0 Å². The summed E-state index contributed by atoms with van der Waals surface area (Å²) in [7, 11) is 0. The first kappa shape index (κ1) is 10.1. The third-order valence-corrected chi connectivity index (χ3v) is 1.91. The number of aromatic nitrogens is 2. The van der Waals surface area contributed by atoms with Crippen LogP contribution in [0.15, 0.2) is 4.42 Å². The van der Waals surface area contributed by atoms with Crippen LogP contribution in [0.3, 0.4) is 0 Å². The maximum Gasteiger partial charge on any atom is 0.246 e. The van der Waals surface area contributed by atoms with Crippen molar-refractivity contribution in [2.24, 2.45) is 5.73 Å². The van der Waals surface area contributed by atoms with E-state index < -0.39 is 6.10 Å². The molecule has 74 valence electrons. The van der Waals surface area contributed by atoms with Crippen LogP contribution in [0.1, 0.15) is 38.2 Å². The number of nitrogens with two attached hydrogens (primary N) is 1. The molecule has 1 heterocycles. The molecule has 0 radical (unpaired) electrons. The van der Waals surface area contributed by atoms with E-state index in [1.807, 2.05) is 13.8 Å². The Morgan fingerprint density at radius 1 is 1.46 bits per heavy atom. The summed E-state index contributed by atoms with van der Waals surface area (Å²) in [6.07, 6.45) is 0.490. The number of aliphatic hydroxyl groups excluding tert-OH is 1. The van der Waals surface area contributed by atoms with Crippen molar-refractivity contribution in [2.75, 3.05) is 0 Å². The molecule has 1 aromatic rings. The Morgan fingerprint density at radius 2 is 2.15 bits per heavy atom. The molecule has 3 N–H and O–H groups in total. The number of hydrogen-bond acceptors (Lipinski definition) is 5. The van der Waals surface area contributed by atoms with E-state index in [1.165, 1.54) is 0 Å². The van der Waals surface area contributed by atoms with Crippen molar-refractivity contribution in [2.45, 2.75) is 38.8 Å². The summed E-state index contributed by atoms with van der Waals surface area (Å²) in [6.45, 7) is 3.80. The van der Waals surface area contributed by atoms with Crippen LogP contribution in [0.25, 0.3) is 0 Å². The number of aryl methyl sites for hydroxylation is 1. The summed E-state index contributed by atoms with van der Waals surface area (Å²) in [5, 5.41) is 17.0. The van der Waals surface area contributed by atoms with Crippen molar-refractivity contribution >= 4 is 0 Å². The van der Waals surface area contributed by atoms with Gasteiger partial charge in [-0.25, -0.2) is 0 Å². The molecule has 5 heteroatoms. The van der Waals surface area contributed by atoms with E-state index in [0.29, 0.717) is 18.7 Å². The van der Waals surface area contributed by atoms with Gasteiger partial charge in [-0.1, -0.05) is 13.8 Å². The maximum absolute atomic E-state index is 9.58. The third-order valence-electron chi connectivity index (χ3n) is 1.91. The van der Waals surface area contributed by atoms with Crippen LogP contribution in [0.2, 0.25) is 0 Å². The predicted molar refractivity (Wildman–Crippen MR) is 46.9 cm³/mol. The van der Waals surface area contributed by atoms with Crippen LogP contribution in [0.4, 0.5) is 0 Å². The first-order valence-corrected chi connectivity index (χ1v) is 4.45. The molecule has 5 nitrogen and oxygen atoms in total. The molecule has 0 amide bonds. The fourth-order valence-corrected chi connectivity index (χ4v) is 0.935. The van der Waals surface area contributed by atoms with Gasteiger partial charge in [0.1, 0.15) is 6.10 Å². The van der Waals surface area contributed by atoms with Crippen LogP contribution in [0.5, 0.6) is 0 Å². The number of hydrogen-bond donors (Lipinski definition) is 2. The van der Waals surface area contributed by atoms with E-state index in [1.54, 1.807) is 0 Å². The first-order chi connectivity index (χ1) is 6.19. The minimum absolute atomic E-state index is 0.214. The van der Waals surface area contributed by atoms with Gasteiger partial charge in [0, 0.05) is 12.5 Å². The number of aliphatic hydroxyl groups is 1. The average molecular weight is 185 g/mol. The van der Waals surface area contributed by atoms with Crippen molar-refractivity contribution in [1.82, 2.24) is 10.2 Å². The Kier molecular flexibility index (Phi) is 3.39. The molecule has 2 unspecified atom stereocenters. The first-order valence-electron chi connectivity index (χ1n) is 4.45. The van der Waals surface area contributed by atoms with Crippen LogP contribution in [-0.4, -0.2) is 21.3 Å². The van der Waals surface area contributed by atoms with E-state index in [-0.39, 0.29) is 11.9 Å². The Bertz CT molecular complexity index is 262. The van der Waals surface area contributed by atoms with Gasteiger partial charge in [0.2, 0.25) is 11.8 Å². The van der Waals surface area contributed by atoms with Crippen LogP contribution < -0.4 is 5.73 Å². The Balaban J connectivity index is 2.70. The van der Waals surface area contributed by atoms with Crippen molar-refractivity contribution in [3.05, 3.63) is 11.8 Å². The molecule has 0 aliphatic carbocycles. The fourth-order valence-electron chi connectivity index (χ4n) is 0.935. The number of rotatable bonds is 4. The van der Waals surface area contributed by atoms with E-state index in [2.05, 4.69) is 10.2 Å². The summed E-state index contributed by atoms with van der Waals surface area (Å²) < 4.78 is 5.17. The van der Waals surface area contributed by atoms with Gasteiger partial charge in [-0.3, -0.25) is 0 Å². The van der Waals surface area contributed by atoms with Gasteiger partial charge in [0.05, 0.1) is 0 Å². The summed E-state index contributed by atoms with van der Waals surface area (Å²) in [6, 6.07) is -0.342. The summed E-state index contributed by atoms with van der Waals surface area (Å²) in [4.78, 5) is 0. The highest BCUT2D eigenvalue weighted by Gasteiger charge is 2.20. The second-order valence-corrected chi connectivity index (χ2v) is 2.90. The lowest BCUT2D eigenvalue weighted by Crippen LogP contribution is -2.27. The minimum atomic E-state index is -0.849. The highest BCUT2D eigenvalue weighted by molar-refractivity contribution is 4.90. The van der Waals surface area contributed by atoms with Crippen molar-refractivity contribution < 1.29 is 9.52 Å². The maximum atomic E-state index is 9.58.